The Bertz CT molecular complexity index is 327. The minimum absolute atomic E-state index is 0.0139. The van der Waals surface area contributed by atoms with Crippen LogP contribution in [0.4, 0.5) is 0 Å². The van der Waals surface area contributed by atoms with Crippen molar-refractivity contribution in [1.29, 1.82) is 0 Å². The van der Waals surface area contributed by atoms with Crippen LogP contribution in [0, 0.1) is 0 Å². The van der Waals surface area contributed by atoms with E-state index in [1.807, 2.05) is 0 Å². The van der Waals surface area contributed by atoms with Crippen molar-refractivity contribution in [2.24, 2.45) is 0 Å². The van der Waals surface area contributed by atoms with E-state index < -0.39 is 0 Å². The SMILES string of the molecule is C=Cc1cccc(C(C)=O)c1O. The van der Waals surface area contributed by atoms with Crippen molar-refractivity contribution in [2.75, 3.05) is 0 Å². The van der Waals surface area contributed by atoms with Gasteiger partial charge in [-0.15, -0.1) is 0 Å². The molecular formula is C10H10O2. The molecule has 2 nitrogen and oxygen atoms in total. The Labute approximate surface area is 71.2 Å². The standard InChI is InChI=1S/C10H10O2/c1-3-8-5-4-6-9(7(2)11)10(8)12/h3-6,12H,1H2,2H3. The molecule has 0 aromatic heterocycles. The monoisotopic (exact) mass is 162 g/mol. The molecule has 0 fully saturated rings. The molecule has 0 atom stereocenters. The first kappa shape index (κ1) is 8.53. The number of para-hydroxylation sites is 1. The molecule has 0 spiro atoms. The number of ketones is 1. The molecule has 0 aliphatic heterocycles. The quantitative estimate of drug-likeness (QED) is 0.677. The van der Waals surface area contributed by atoms with Crippen molar-refractivity contribution in [3.8, 4) is 5.75 Å². The molecular weight excluding hydrogens is 152 g/mol. The molecule has 0 radical (unpaired) electrons. The first-order chi connectivity index (χ1) is 5.66. The summed E-state index contributed by atoms with van der Waals surface area (Å²) >= 11 is 0. The van der Waals surface area contributed by atoms with Gasteiger partial charge >= 0.3 is 0 Å². The van der Waals surface area contributed by atoms with Crippen LogP contribution >= 0.6 is 0 Å². The van der Waals surface area contributed by atoms with Gasteiger partial charge < -0.3 is 5.11 Å². The molecule has 0 aliphatic rings. The normalized spacial score (nSPS) is 9.42. The molecule has 1 aromatic carbocycles. The third kappa shape index (κ3) is 1.37. The van der Waals surface area contributed by atoms with Crippen LogP contribution in [0.15, 0.2) is 24.8 Å². The predicted molar refractivity (Wildman–Crippen MR) is 48.2 cm³/mol. The lowest BCUT2D eigenvalue weighted by Gasteiger charge is -2.02. The molecule has 1 N–H and O–H groups in total. The lowest BCUT2D eigenvalue weighted by atomic mass is 10.1. The van der Waals surface area contributed by atoms with E-state index >= 15 is 0 Å². The average Bonchev–Trinajstić information content (AvgIpc) is 2.04. The number of phenols is 1. The van der Waals surface area contributed by atoms with Crippen LogP contribution < -0.4 is 0 Å². The number of carbonyl (C=O) groups is 1. The van der Waals surface area contributed by atoms with E-state index in [1.54, 1.807) is 18.2 Å². The van der Waals surface area contributed by atoms with Crippen LogP contribution in [0.25, 0.3) is 6.08 Å². The van der Waals surface area contributed by atoms with Gasteiger partial charge in [0.05, 0.1) is 5.56 Å². The maximum absolute atomic E-state index is 10.9. The summed E-state index contributed by atoms with van der Waals surface area (Å²) in [6.45, 7) is 4.94. The summed E-state index contributed by atoms with van der Waals surface area (Å²) in [5, 5.41) is 9.47. The highest BCUT2D eigenvalue weighted by atomic mass is 16.3. The first-order valence-electron chi connectivity index (χ1n) is 3.62. The van der Waals surface area contributed by atoms with E-state index in [-0.39, 0.29) is 11.5 Å². The van der Waals surface area contributed by atoms with Crippen molar-refractivity contribution < 1.29 is 9.90 Å². The molecule has 0 aliphatic carbocycles. The lowest BCUT2D eigenvalue weighted by Crippen LogP contribution is -1.93. The molecule has 0 unspecified atom stereocenters. The summed E-state index contributed by atoms with van der Waals surface area (Å²) < 4.78 is 0. The summed E-state index contributed by atoms with van der Waals surface area (Å²) in [6.07, 6.45) is 1.52. The number of rotatable bonds is 2. The van der Waals surface area contributed by atoms with Crippen LogP contribution in [-0.2, 0) is 0 Å². The molecule has 0 amide bonds. The molecule has 1 aromatic rings. The fourth-order valence-corrected chi connectivity index (χ4v) is 1.01. The Morgan fingerprint density at radius 2 is 2.25 bits per heavy atom. The highest BCUT2D eigenvalue weighted by Gasteiger charge is 2.07. The van der Waals surface area contributed by atoms with E-state index in [2.05, 4.69) is 6.58 Å². The molecule has 1 rings (SSSR count). The van der Waals surface area contributed by atoms with Crippen LogP contribution in [0.2, 0.25) is 0 Å². The maximum atomic E-state index is 10.9. The lowest BCUT2D eigenvalue weighted by molar-refractivity contribution is 0.101. The summed E-state index contributed by atoms with van der Waals surface area (Å²) in [5.41, 5.74) is 0.926. The minimum atomic E-state index is -0.142. The highest BCUT2D eigenvalue weighted by molar-refractivity contribution is 5.97. The fourth-order valence-electron chi connectivity index (χ4n) is 1.01. The van der Waals surface area contributed by atoms with Crippen molar-refractivity contribution in [3.05, 3.63) is 35.9 Å². The zero-order valence-corrected chi connectivity index (χ0v) is 6.87. The summed E-state index contributed by atoms with van der Waals surface area (Å²) in [7, 11) is 0. The van der Waals surface area contributed by atoms with Crippen molar-refractivity contribution in [1.82, 2.24) is 0 Å². The number of hydrogen-bond donors (Lipinski definition) is 1. The van der Waals surface area contributed by atoms with Crippen molar-refractivity contribution in [3.63, 3.8) is 0 Å². The van der Waals surface area contributed by atoms with Gasteiger partial charge in [-0.05, 0) is 13.0 Å². The average molecular weight is 162 g/mol. The third-order valence-electron chi connectivity index (χ3n) is 1.67. The van der Waals surface area contributed by atoms with Crippen LogP contribution in [-0.4, -0.2) is 10.9 Å². The smallest absolute Gasteiger partial charge is 0.163 e. The molecule has 12 heavy (non-hydrogen) atoms. The van der Waals surface area contributed by atoms with Gasteiger partial charge in [0.2, 0.25) is 0 Å². The molecule has 0 bridgehead atoms. The van der Waals surface area contributed by atoms with Crippen molar-refractivity contribution in [2.45, 2.75) is 6.92 Å². The third-order valence-corrected chi connectivity index (χ3v) is 1.67. The number of carbonyl (C=O) groups excluding carboxylic acids is 1. The van der Waals surface area contributed by atoms with E-state index in [0.29, 0.717) is 11.1 Å². The van der Waals surface area contributed by atoms with Gasteiger partial charge in [-0.25, -0.2) is 0 Å². The number of aromatic hydroxyl groups is 1. The summed E-state index contributed by atoms with van der Waals surface area (Å²) in [6, 6.07) is 5.01. The Hall–Kier alpha value is -1.57. The number of Topliss-reactive ketones (excluding diaryl/α,β-unsaturated/α-hetero) is 1. The summed E-state index contributed by atoms with van der Waals surface area (Å²) in [4.78, 5) is 10.9. The second kappa shape index (κ2) is 3.22. The number of phenolic OH excluding ortho intramolecular Hbond substituents is 1. The maximum Gasteiger partial charge on any atom is 0.163 e. The number of hydrogen-bond acceptors (Lipinski definition) is 2. The molecule has 0 heterocycles. The second-order valence-electron chi connectivity index (χ2n) is 2.50. The molecule has 2 heteroatoms. The van der Waals surface area contributed by atoms with Gasteiger partial charge in [0.25, 0.3) is 0 Å². The van der Waals surface area contributed by atoms with Gasteiger partial charge in [0.15, 0.2) is 5.78 Å². The minimum Gasteiger partial charge on any atom is -0.507 e. The molecule has 0 saturated heterocycles. The Balaban J connectivity index is 3.32. The van der Waals surface area contributed by atoms with E-state index in [1.165, 1.54) is 13.0 Å². The molecule has 62 valence electrons. The zero-order valence-electron chi connectivity index (χ0n) is 6.87. The molecule has 0 saturated carbocycles. The Kier molecular flexibility index (Phi) is 2.29. The van der Waals surface area contributed by atoms with Gasteiger partial charge in [0, 0.05) is 5.56 Å². The second-order valence-corrected chi connectivity index (χ2v) is 2.50. The first-order valence-corrected chi connectivity index (χ1v) is 3.62. The van der Waals surface area contributed by atoms with Crippen molar-refractivity contribution >= 4 is 11.9 Å². The van der Waals surface area contributed by atoms with E-state index in [0.717, 1.165) is 0 Å². The fraction of sp³-hybridized carbons (Fsp3) is 0.100. The van der Waals surface area contributed by atoms with Gasteiger partial charge in [-0.2, -0.15) is 0 Å². The van der Waals surface area contributed by atoms with Gasteiger partial charge in [-0.1, -0.05) is 24.8 Å². The Morgan fingerprint density at radius 1 is 1.58 bits per heavy atom. The Morgan fingerprint density at radius 3 is 2.75 bits per heavy atom. The van der Waals surface area contributed by atoms with Gasteiger partial charge in [-0.3, -0.25) is 4.79 Å². The van der Waals surface area contributed by atoms with Gasteiger partial charge in [0.1, 0.15) is 5.75 Å². The zero-order chi connectivity index (χ0) is 9.14. The largest absolute Gasteiger partial charge is 0.507 e. The van der Waals surface area contributed by atoms with Crippen LogP contribution in [0.1, 0.15) is 22.8 Å². The van der Waals surface area contributed by atoms with E-state index in [9.17, 15) is 9.90 Å². The predicted octanol–water partition coefficient (Wildman–Crippen LogP) is 2.24. The summed E-state index contributed by atoms with van der Waals surface area (Å²) in [5.74, 6) is -0.129. The number of benzene rings is 1. The topological polar surface area (TPSA) is 37.3 Å². The van der Waals surface area contributed by atoms with Crippen LogP contribution in [0.5, 0.6) is 5.75 Å². The highest BCUT2D eigenvalue weighted by Crippen LogP contribution is 2.23. The van der Waals surface area contributed by atoms with E-state index in [4.69, 9.17) is 0 Å². The van der Waals surface area contributed by atoms with Crippen LogP contribution in [0.3, 0.4) is 0 Å².